The summed E-state index contributed by atoms with van der Waals surface area (Å²) in [4.78, 5) is 0. The van der Waals surface area contributed by atoms with E-state index in [0.717, 1.165) is 17.7 Å². The van der Waals surface area contributed by atoms with Crippen LogP contribution >= 0.6 is 11.8 Å². The Hall–Kier alpha value is -0.880. The Morgan fingerprint density at radius 1 is 1.37 bits per heavy atom. The van der Waals surface area contributed by atoms with Gasteiger partial charge in [-0.25, -0.2) is 0 Å². The molecule has 1 saturated heterocycles. The van der Waals surface area contributed by atoms with Gasteiger partial charge in [0.15, 0.2) is 0 Å². The van der Waals surface area contributed by atoms with E-state index in [9.17, 15) is 13.2 Å². The monoisotopic (exact) mass is 291 g/mol. The lowest BCUT2D eigenvalue weighted by Gasteiger charge is -2.22. The quantitative estimate of drug-likeness (QED) is 0.916. The molecule has 1 aliphatic rings. The van der Waals surface area contributed by atoms with Gasteiger partial charge in [-0.15, -0.1) is 13.2 Å². The minimum absolute atomic E-state index is 0.162. The van der Waals surface area contributed by atoms with E-state index in [4.69, 9.17) is 0 Å². The first-order chi connectivity index (χ1) is 9.03. The van der Waals surface area contributed by atoms with Gasteiger partial charge >= 0.3 is 6.36 Å². The Kier molecular flexibility index (Phi) is 4.99. The maximum Gasteiger partial charge on any atom is 0.573 e. The standard InChI is InChI=1S/C13H16F3NOS/c14-13(15,16)18-12-5-1-3-10(7-12)8-17-11-4-2-6-19-9-11/h1,3,5,7,11,17H,2,4,6,8-9H2. The fourth-order valence-electron chi connectivity index (χ4n) is 2.02. The van der Waals surface area contributed by atoms with E-state index in [-0.39, 0.29) is 5.75 Å². The first kappa shape index (κ1) is 14.5. The largest absolute Gasteiger partial charge is 0.573 e. The molecule has 1 aromatic carbocycles. The molecule has 1 aromatic rings. The number of halogens is 3. The van der Waals surface area contributed by atoms with Crippen LogP contribution in [0.25, 0.3) is 0 Å². The van der Waals surface area contributed by atoms with Gasteiger partial charge in [-0.05, 0) is 36.3 Å². The van der Waals surface area contributed by atoms with Crippen LogP contribution in [0.5, 0.6) is 5.75 Å². The summed E-state index contributed by atoms with van der Waals surface area (Å²) in [6.45, 7) is 0.570. The molecule has 0 aromatic heterocycles. The van der Waals surface area contributed by atoms with Gasteiger partial charge in [0.1, 0.15) is 5.75 Å². The Balaban J connectivity index is 1.87. The van der Waals surface area contributed by atoms with Crippen LogP contribution in [0.3, 0.4) is 0 Å². The van der Waals surface area contributed by atoms with E-state index in [2.05, 4.69) is 10.1 Å². The molecule has 19 heavy (non-hydrogen) atoms. The van der Waals surface area contributed by atoms with E-state index in [1.54, 1.807) is 12.1 Å². The van der Waals surface area contributed by atoms with Crippen molar-refractivity contribution >= 4 is 11.8 Å². The fourth-order valence-corrected chi connectivity index (χ4v) is 3.12. The lowest BCUT2D eigenvalue weighted by atomic mass is 10.1. The highest BCUT2D eigenvalue weighted by atomic mass is 32.2. The van der Waals surface area contributed by atoms with Crippen molar-refractivity contribution in [1.29, 1.82) is 0 Å². The van der Waals surface area contributed by atoms with E-state index < -0.39 is 6.36 Å². The van der Waals surface area contributed by atoms with Crippen molar-refractivity contribution in [1.82, 2.24) is 5.32 Å². The van der Waals surface area contributed by atoms with E-state index >= 15 is 0 Å². The minimum atomic E-state index is -4.63. The molecule has 1 aliphatic heterocycles. The topological polar surface area (TPSA) is 21.3 Å². The second kappa shape index (κ2) is 6.52. The number of hydrogen-bond donors (Lipinski definition) is 1. The highest BCUT2D eigenvalue weighted by Crippen LogP contribution is 2.23. The van der Waals surface area contributed by atoms with Crippen LogP contribution in [0.4, 0.5) is 13.2 Å². The SMILES string of the molecule is FC(F)(F)Oc1cccc(CNC2CCCSC2)c1. The molecule has 2 nitrogen and oxygen atoms in total. The normalized spacial score (nSPS) is 20.3. The van der Waals surface area contributed by atoms with Crippen molar-refractivity contribution in [2.24, 2.45) is 0 Å². The van der Waals surface area contributed by atoms with Gasteiger partial charge in [-0.3, -0.25) is 0 Å². The lowest BCUT2D eigenvalue weighted by molar-refractivity contribution is -0.274. The van der Waals surface area contributed by atoms with Crippen LogP contribution < -0.4 is 10.1 Å². The molecular formula is C13H16F3NOS. The molecule has 0 aliphatic carbocycles. The predicted molar refractivity (Wildman–Crippen MR) is 70.3 cm³/mol. The van der Waals surface area contributed by atoms with Crippen LogP contribution in [0.1, 0.15) is 18.4 Å². The summed E-state index contributed by atoms with van der Waals surface area (Å²) in [5.74, 6) is 2.11. The van der Waals surface area contributed by atoms with E-state index in [1.807, 2.05) is 11.8 Å². The number of ether oxygens (including phenoxy) is 1. The number of nitrogens with one attached hydrogen (secondary N) is 1. The average Bonchev–Trinajstić information content (AvgIpc) is 2.36. The van der Waals surface area contributed by atoms with Crippen molar-refractivity contribution in [3.63, 3.8) is 0 Å². The average molecular weight is 291 g/mol. The smallest absolute Gasteiger partial charge is 0.406 e. The molecule has 1 fully saturated rings. The lowest BCUT2D eigenvalue weighted by Crippen LogP contribution is -2.33. The molecule has 0 spiro atoms. The van der Waals surface area contributed by atoms with Gasteiger partial charge in [0.05, 0.1) is 0 Å². The molecular weight excluding hydrogens is 275 g/mol. The van der Waals surface area contributed by atoms with Crippen LogP contribution in [-0.4, -0.2) is 23.9 Å². The molecule has 1 atom stereocenters. The second-order valence-corrected chi connectivity index (χ2v) is 5.64. The van der Waals surface area contributed by atoms with Crippen molar-refractivity contribution in [2.45, 2.75) is 31.8 Å². The number of alkyl halides is 3. The second-order valence-electron chi connectivity index (χ2n) is 4.49. The number of thioether (sulfide) groups is 1. The van der Waals surface area contributed by atoms with Crippen molar-refractivity contribution in [2.75, 3.05) is 11.5 Å². The number of hydrogen-bond acceptors (Lipinski definition) is 3. The first-order valence-corrected chi connectivity index (χ1v) is 7.34. The third kappa shape index (κ3) is 5.32. The maximum absolute atomic E-state index is 12.1. The van der Waals surface area contributed by atoms with Gasteiger partial charge in [0.25, 0.3) is 0 Å². The van der Waals surface area contributed by atoms with Gasteiger partial charge in [0, 0.05) is 18.3 Å². The molecule has 1 unspecified atom stereocenters. The Morgan fingerprint density at radius 3 is 2.89 bits per heavy atom. The van der Waals surface area contributed by atoms with Crippen LogP contribution in [0.15, 0.2) is 24.3 Å². The summed E-state index contributed by atoms with van der Waals surface area (Å²) >= 11 is 1.91. The van der Waals surface area contributed by atoms with E-state index in [1.165, 1.54) is 24.3 Å². The Bertz CT molecular complexity index is 405. The third-order valence-corrected chi connectivity index (χ3v) is 4.10. The maximum atomic E-state index is 12.1. The highest BCUT2D eigenvalue weighted by Gasteiger charge is 2.31. The zero-order valence-corrected chi connectivity index (χ0v) is 11.2. The molecule has 2 rings (SSSR count). The zero-order valence-electron chi connectivity index (χ0n) is 10.4. The third-order valence-electron chi connectivity index (χ3n) is 2.89. The number of benzene rings is 1. The van der Waals surface area contributed by atoms with Crippen LogP contribution in [0, 0.1) is 0 Å². The summed E-state index contributed by atoms with van der Waals surface area (Å²) in [5.41, 5.74) is 0.803. The summed E-state index contributed by atoms with van der Waals surface area (Å²) < 4.78 is 40.2. The summed E-state index contributed by atoms with van der Waals surface area (Å²) in [7, 11) is 0. The van der Waals surface area contributed by atoms with E-state index in [0.29, 0.717) is 12.6 Å². The molecule has 0 saturated carbocycles. The Labute approximate surface area is 114 Å². The molecule has 0 radical (unpaired) electrons. The summed E-state index contributed by atoms with van der Waals surface area (Å²) in [6.07, 6.45) is -2.31. The van der Waals surface area contributed by atoms with Crippen LogP contribution in [-0.2, 0) is 6.54 Å². The fraction of sp³-hybridized carbons (Fsp3) is 0.538. The predicted octanol–water partition coefficient (Wildman–Crippen LogP) is 3.57. The van der Waals surface area contributed by atoms with Crippen molar-refractivity contribution < 1.29 is 17.9 Å². The number of rotatable bonds is 4. The van der Waals surface area contributed by atoms with Crippen molar-refractivity contribution in [3.05, 3.63) is 29.8 Å². The minimum Gasteiger partial charge on any atom is -0.406 e. The van der Waals surface area contributed by atoms with Gasteiger partial charge in [-0.2, -0.15) is 11.8 Å². The highest BCUT2D eigenvalue weighted by molar-refractivity contribution is 7.99. The van der Waals surface area contributed by atoms with Gasteiger partial charge in [-0.1, -0.05) is 12.1 Å². The summed E-state index contributed by atoms with van der Waals surface area (Å²) in [5, 5.41) is 3.37. The molecule has 6 heteroatoms. The molecule has 0 amide bonds. The summed E-state index contributed by atoms with van der Waals surface area (Å²) in [6, 6.07) is 6.56. The van der Waals surface area contributed by atoms with Crippen LogP contribution in [0.2, 0.25) is 0 Å². The molecule has 1 N–H and O–H groups in total. The van der Waals surface area contributed by atoms with Gasteiger partial charge < -0.3 is 10.1 Å². The molecule has 106 valence electrons. The molecule has 0 bridgehead atoms. The van der Waals surface area contributed by atoms with Crippen molar-refractivity contribution in [3.8, 4) is 5.75 Å². The molecule has 1 heterocycles. The first-order valence-electron chi connectivity index (χ1n) is 6.19. The zero-order chi connectivity index (χ0) is 13.7. The Morgan fingerprint density at radius 2 is 2.21 bits per heavy atom. The van der Waals surface area contributed by atoms with Gasteiger partial charge in [0.2, 0.25) is 0 Å².